The van der Waals surface area contributed by atoms with Crippen molar-refractivity contribution >= 4 is 5.84 Å². The van der Waals surface area contributed by atoms with Crippen LogP contribution in [-0.4, -0.2) is 25.0 Å². The van der Waals surface area contributed by atoms with Crippen LogP contribution < -0.4 is 5.73 Å². The first-order chi connectivity index (χ1) is 11.5. The van der Waals surface area contributed by atoms with Crippen molar-refractivity contribution in [1.29, 1.82) is 10.5 Å². The summed E-state index contributed by atoms with van der Waals surface area (Å²) in [6, 6.07) is 12.3. The molecule has 1 aliphatic heterocycles. The van der Waals surface area contributed by atoms with Crippen LogP contribution in [0.3, 0.4) is 0 Å². The molecule has 0 amide bonds. The lowest BCUT2D eigenvalue weighted by molar-refractivity contribution is -0.255. The Morgan fingerprint density at radius 2 is 1.79 bits per heavy atom. The van der Waals surface area contributed by atoms with Gasteiger partial charge in [0.15, 0.2) is 5.41 Å². The summed E-state index contributed by atoms with van der Waals surface area (Å²) in [7, 11) is 0. The summed E-state index contributed by atoms with van der Waals surface area (Å²) in [5, 5.41) is 20.1. The van der Waals surface area contributed by atoms with Crippen LogP contribution in [-0.2, 0) is 9.47 Å². The second kappa shape index (κ2) is 5.31. The number of hydrogen-bond acceptors (Lipinski definition) is 6. The van der Waals surface area contributed by atoms with E-state index in [0.717, 1.165) is 11.1 Å². The van der Waals surface area contributed by atoms with Gasteiger partial charge in [-0.15, -0.1) is 0 Å². The lowest BCUT2D eigenvalue weighted by Gasteiger charge is -2.31. The molecule has 6 heteroatoms. The second-order valence-corrected chi connectivity index (χ2v) is 6.07. The van der Waals surface area contributed by atoms with Gasteiger partial charge in [0.25, 0.3) is 5.91 Å². The molecule has 1 aromatic carbocycles. The maximum absolute atomic E-state index is 10.1. The molecule has 1 fully saturated rings. The van der Waals surface area contributed by atoms with Gasteiger partial charge in [-0.3, -0.25) is 0 Å². The summed E-state index contributed by atoms with van der Waals surface area (Å²) in [6.07, 6.45) is 0. The van der Waals surface area contributed by atoms with Crippen molar-refractivity contribution in [3.8, 4) is 12.1 Å². The van der Waals surface area contributed by atoms with Crippen LogP contribution in [0.4, 0.5) is 0 Å². The summed E-state index contributed by atoms with van der Waals surface area (Å²) >= 11 is 0. The normalized spacial score (nSPS) is 32.4. The van der Waals surface area contributed by atoms with Gasteiger partial charge in [-0.25, -0.2) is 4.99 Å². The Bertz CT molecular complexity index is 785. The molecule has 1 aromatic rings. The molecule has 1 aliphatic carbocycles. The number of nitriles is 2. The van der Waals surface area contributed by atoms with Gasteiger partial charge in [-0.05, 0) is 31.9 Å². The number of aryl methyl sites for hydroxylation is 1. The number of rotatable bonds is 5. The molecular weight excluding hydrogens is 304 g/mol. The molecule has 0 unspecified atom stereocenters. The van der Waals surface area contributed by atoms with Gasteiger partial charge in [0.2, 0.25) is 0 Å². The molecular formula is C18H20N4O2. The van der Waals surface area contributed by atoms with E-state index >= 15 is 0 Å². The van der Waals surface area contributed by atoms with E-state index in [1.165, 1.54) is 0 Å². The van der Waals surface area contributed by atoms with Crippen molar-refractivity contribution in [3.05, 3.63) is 35.4 Å². The SMILES string of the molecule is CCOC1(OCC)N=C(N)[C@@]2(C#N)[C@@H](c3ccccc3C)[C@@]12C#N. The lowest BCUT2D eigenvalue weighted by atomic mass is 9.93. The Kier molecular flexibility index (Phi) is 3.64. The van der Waals surface area contributed by atoms with Gasteiger partial charge in [-0.1, -0.05) is 24.3 Å². The van der Waals surface area contributed by atoms with Crippen molar-refractivity contribution in [2.45, 2.75) is 32.6 Å². The van der Waals surface area contributed by atoms with Crippen molar-refractivity contribution < 1.29 is 9.47 Å². The number of fused-ring (bicyclic) bond motifs is 1. The highest BCUT2D eigenvalue weighted by Gasteiger charge is 2.93. The zero-order chi connectivity index (χ0) is 17.6. The van der Waals surface area contributed by atoms with E-state index in [2.05, 4.69) is 17.1 Å². The molecule has 0 aromatic heterocycles. The number of ether oxygens (including phenoxy) is 2. The fraction of sp³-hybridized carbons (Fsp3) is 0.500. The van der Waals surface area contributed by atoms with Crippen LogP contribution in [0.5, 0.6) is 0 Å². The average Bonchev–Trinajstić information content (AvgIpc) is 3.14. The van der Waals surface area contributed by atoms with Crippen molar-refractivity contribution in [2.75, 3.05) is 13.2 Å². The molecule has 124 valence electrons. The Morgan fingerprint density at radius 1 is 1.17 bits per heavy atom. The predicted octanol–water partition coefficient (Wildman–Crippen LogP) is 2.21. The van der Waals surface area contributed by atoms with Gasteiger partial charge in [0.05, 0.1) is 12.1 Å². The molecule has 0 saturated heterocycles. The van der Waals surface area contributed by atoms with E-state index in [4.69, 9.17) is 15.2 Å². The second-order valence-electron chi connectivity index (χ2n) is 6.07. The van der Waals surface area contributed by atoms with Crippen molar-refractivity contribution in [2.24, 2.45) is 21.6 Å². The summed E-state index contributed by atoms with van der Waals surface area (Å²) < 4.78 is 11.6. The van der Waals surface area contributed by atoms with Gasteiger partial charge < -0.3 is 15.2 Å². The van der Waals surface area contributed by atoms with Gasteiger partial charge >= 0.3 is 0 Å². The monoisotopic (exact) mass is 324 g/mol. The van der Waals surface area contributed by atoms with E-state index in [0.29, 0.717) is 13.2 Å². The molecule has 2 aliphatic rings. The first-order valence-electron chi connectivity index (χ1n) is 8.03. The first kappa shape index (κ1) is 16.4. The molecule has 0 bridgehead atoms. The number of hydrogen-bond donors (Lipinski definition) is 1. The van der Waals surface area contributed by atoms with Crippen LogP contribution in [0.2, 0.25) is 0 Å². The molecule has 2 N–H and O–H groups in total. The van der Waals surface area contributed by atoms with Gasteiger partial charge in [0.1, 0.15) is 11.3 Å². The Labute approximate surface area is 141 Å². The highest BCUT2D eigenvalue weighted by molar-refractivity contribution is 6.00. The Morgan fingerprint density at radius 3 is 2.29 bits per heavy atom. The minimum absolute atomic E-state index is 0.113. The quantitative estimate of drug-likeness (QED) is 0.836. The van der Waals surface area contributed by atoms with Crippen molar-refractivity contribution in [1.82, 2.24) is 0 Å². The van der Waals surface area contributed by atoms with Crippen LogP contribution in [0.15, 0.2) is 29.3 Å². The van der Waals surface area contributed by atoms with Gasteiger partial charge in [0, 0.05) is 19.1 Å². The summed E-state index contributed by atoms with van der Waals surface area (Å²) in [5.41, 5.74) is 5.55. The minimum atomic E-state index is -1.54. The van der Waals surface area contributed by atoms with E-state index in [1.807, 2.05) is 31.2 Å². The summed E-state index contributed by atoms with van der Waals surface area (Å²) in [6.45, 7) is 6.14. The fourth-order valence-electron chi connectivity index (χ4n) is 4.13. The van der Waals surface area contributed by atoms with Crippen LogP contribution in [0.1, 0.15) is 30.9 Å². The number of aliphatic imine (C=N–C) groups is 1. The largest absolute Gasteiger partial charge is 0.386 e. The van der Waals surface area contributed by atoms with E-state index in [9.17, 15) is 10.5 Å². The maximum atomic E-state index is 10.1. The molecule has 0 radical (unpaired) electrons. The lowest BCUT2D eigenvalue weighted by Crippen LogP contribution is -2.43. The number of nitrogens with zero attached hydrogens (tertiary/aromatic N) is 3. The van der Waals surface area contributed by atoms with E-state index in [-0.39, 0.29) is 5.84 Å². The molecule has 1 saturated carbocycles. The molecule has 3 atom stereocenters. The fourth-order valence-corrected chi connectivity index (χ4v) is 4.13. The standard InChI is InChI=1S/C18H20N4O2/c1-4-23-18(24-5-2)17(11-20)14(13-9-7-6-8-12(13)3)16(17,10-19)15(21)22-18/h6-9,14H,4-5H2,1-3H3,(H2,21,22)/t14-,16-,17-/m1/s1. The molecule has 0 spiro atoms. The third-order valence-corrected chi connectivity index (χ3v) is 5.11. The highest BCUT2D eigenvalue weighted by atomic mass is 16.7. The van der Waals surface area contributed by atoms with Crippen LogP contribution in [0.25, 0.3) is 0 Å². The molecule has 6 nitrogen and oxygen atoms in total. The Balaban J connectivity index is 2.25. The topological polar surface area (TPSA) is 104 Å². The third-order valence-electron chi connectivity index (χ3n) is 5.11. The Hall–Kier alpha value is -2.41. The number of benzene rings is 1. The van der Waals surface area contributed by atoms with Crippen molar-refractivity contribution in [3.63, 3.8) is 0 Å². The molecule has 1 heterocycles. The molecule has 3 rings (SSSR count). The van der Waals surface area contributed by atoms with E-state index < -0.39 is 22.7 Å². The summed E-state index contributed by atoms with van der Waals surface area (Å²) in [5.74, 6) is -1.86. The van der Waals surface area contributed by atoms with Gasteiger partial charge in [-0.2, -0.15) is 10.5 Å². The van der Waals surface area contributed by atoms with E-state index in [1.54, 1.807) is 13.8 Å². The highest BCUT2D eigenvalue weighted by Crippen LogP contribution is 2.82. The minimum Gasteiger partial charge on any atom is -0.386 e. The number of nitrogens with two attached hydrogens (primary N) is 1. The van der Waals surface area contributed by atoms with Crippen LogP contribution >= 0.6 is 0 Å². The smallest absolute Gasteiger partial charge is 0.293 e. The average molecular weight is 324 g/mol. The maximum Gasteiger partial charge on any atom is 0.293 e. The number of amidine groups is 1. The zero-order valence-electron chi connectivity index (χ0n) is 14.0. The first-order valence-corrected chi connectivity index (χ1v) is 8.03. The summed E-state index contributed by atoms with van der Waals surface area (Å²) in [4.78, 5) is 4.33. The third kappa shape index (κ3) is 1.57. The zero-order valence-corrected chi connectivity index (χ0v) is 14.0. The predicted molar refractivity (Wildman–Crippen MR) is 87.6 cm³/mol. The molecule has 24 heavy (non-hydrogen) atoms. The van der Waals surface area contributed by atoms with Crippen LogP contribution in [0, 0.1) is 40.4 Å².